The molecule has 0 spiro atoms. The molecule has 388 valence electrons. The molecule has 72 heavy (non-hydrogen) atoms. The first-order chi connectivity index (χ1) is 34.2. The van der Waals surface area contributed by atoms with E-state index >= 15 is 9.59 Å². The van der Waals surface area contributed by atoms with E-state index in [1.807, 2.05) is 0 Å². The second-order valence-electron chi connectivity index (χ2n) is 19.1. The Labute approximate surface area is 424 Å². The van der Waals surface area contributed by atoms with E-state index < -0.39 is 119 Å². The zero-order valence-corrected chi connectivity index (χ0v) is 42.4. The summed E-state index contributed by atoms with van der Waals surface area (Å²) in [5, 5.41) is 49.9. The monoisotopic (exact) mass is 1040 g/mol. The molecule has 2 unspecified atom stereocenters. The number of Topliss-reactive ketones (excluding diaryl/α,β-unsaturated/α-hetero) is 1. The molecule has 1 heterocycles. The molecule has 7 rings (SSSR count). The number of carbonyl (C=O) groups excluding carboxylic acids is 6. The minimum Gasteiger partial charge on any atom is -0.455 e. The van der Waals surface area contributed by atoms with Crippen LogP contribution in [0.15, 0.2) is 102 Å². The number of hydrogen-bond acceptors (Lipinski definition) is 20. The molecule has 1 aliphatic heterocycles. The van der Waals surface area contributed by atoms with Crippen molar-refractivity contribution in [3.05, 3.63) is 119 Å². The van der Waals surface area contributed by atoms with E-state index in [1.165, 1.54) is 47.6 Å². The van der Waals surface area contributed by atoms with Crippen LogP contribution in [0.1, 0.15) is 88.1 Å². The van der Waals surface area contributed by atoms with E-state index in [0.717, 1.165) is 13.8 Å². The van der Waals surface area contributed by atoms with Gasteiger partial charge in [0.2, 0.25) is 6.10 Å². The predicted octanol–water partition coefficient (Wildman–Crippen LogP) is 5.12. The van der Waals surface area contributed by atoms with E-state index in [9.17, 15) is 34.5 Å². The van der Waals surface area contributed by atoms with Gasteiger partial charge in [0, 0.05) is 43.6 Å². The average Bonchev–Trinajstić information content (AvgIpc) is 3.35. The maximum atomic E-state index is 15.7. The van der Waals surface area contributed by atoms with Crippen molar-refractivity contribution in [2.24, 2.45) is 16.7 Å². The van der Waals surface area contributed by atoms with Crippen molar-refractivity contribution in [2.75, 3.05) is 31.3 Å². The van der Waals surface area contributed by atoms with Gasteiger partial charge in [-0.3, -0.25) is 19.7 Å². The van der Waals surface area contributed by atoms with Crippen molar-refractivity contribution in [3.63, 3.8) is 0 Å². The van der Waals surface area contributed by atoms with Gasteiger partial charge < -0.3 is 53.6 Å². The molecule has 5 N–H and O–H groups in total. The minimum atomic E-state index is -2.46. The molecule has 3 aliphatic carbocycles. The third kappa shape index (κ3) is 10.5. The highest BCUT2D eigenvalue weighted by molar-refractivity contribution is 8.76. The van der Waals surface area contributed by atoms with Gasteiger partial charge in [0.25, 0.3) is 0 Å². The standard InChI is InChI=1S/C52H61NO17S2/c1-29-35(67-47(61)41(68-48(62)64-23-25-72-71-24-22-54)39(32-16-10-7-11-17-32)53-45(59)33-18-12-8-13-19-33)27-52(63)44(69-46(60)34-20-14-9-15-21-34)42-50(6,36(57)26-37-51(42,28-65-37)70-31(3)56)43(58)40(66-30(2)55)38(29)49(52,4)5/h7-21,35-37,39-42,44-45,53-54,57,59,63H,22-28H2,1-6H3/t35-,36-,37+,39-,40+,41+,42?,44-,45?,50+,51-,52+/m0/s1. The Balaban J connectivity index is 1.38. The van der Waals surface area contributed by atoms with E-state index in [2.05, 4.69) is 5.32 Å². The fourth-order valence-corrected chi connectivity index (χ4v) is 12.4. The molecule has 0 aromatic heterocycles. The largest absolute Gasteiger partial charge is 0.509 e. The normalized spacial score (nSPS) is 29.5. The molecule has 20 heteroatoms. The number of aliphatic hydroxyl groups excluding tert-OH is 3. The van der Waals surface area contributed by atoms with E-state index in [1.54, 1.807) is 92.7 Å². The summed E-state index contributed by atoms with van der Waals surface area (Å²) in [5.41, 5.74) is -7.22. The molecular weight excluding hydrogens is 975 g/mol. The minimum absolute atomic E-state index is 0.0407. The molecule has 3 aromatic carbocycles. The lowest BCUT2D eigenvalue weighted by molar-refractivity contribution is -0.346. The summed E-state index contributed by atoms with van der Waals surface area (Å²) in [4.78, 5) is 85.4. The number of carbonyl (C=O) groups is 6. The summed E-state index contributed by atoms with van der Waals surface area (Å²) in [5.74, 6) is -5.66. The zero-order chi connectivity index (χ0) is 52.2. The highest BCUT2D eigenvalue weighted by atomic mass is 33.1. The third-order valence-corrected chi connectivity index (χ3v) is 16.8. The summed E-state index contributed by atoms with van der Waals surface area (Å²) in [6.45, 7) is 7.68. The van der Waals surface area contributed by atoms with Crippen LogP contribution in [0, 0.1) is 16.7 Å². The molecule has 1 saturated heterocycles. The molecule has 0 radical (unpaired) electrons. The first-order valence-corrected chi connectivity index (χ1v) is 26.0. The number of nitrogens with one attached hydrogen (secondary N) is 1. The Morgan fingerprint density at radius 3 is 2.04 bits per heavy atom. The van der Waals surface area contributed by atoms with Crippen molar-refractivity contribution in [1.29, 1.82) is 0 Å². The van der Waals surface area contributed by atoms with Crippen LogP contribution in [0.3, 0.4) is 0 Å². The van der Waals surface area contributed by atoms with Gasteiger partial charge in [-0.1, -0.05) is 114 Å². The first-order valence-electron chi connectivity index (χ1n) is 23.5. The van der Waals surface area contributed by atoms with Gasteiger partial charge in [-0.2, -0.15) is 0 Å². The molecule has 2 bridgehead atoms. The number of rotatable bonds is 18. The smallest absolute Gasteiger partial charge is 0.455 e. The second kappa shape index (κ2) is 22.4. The van der Waals surface area contributed by atoms with Crippen LogP contribution >= 0.6 is 21.6 Å². The number of esters is 4. The number of fused-ring (bicyclic) bond motifs is 5. The summed E-state index contributed by atoms with van der Waals surface area (Å²) in [7, 11) is 2.69. The topological polar surface area (TPSA) is 260 Å². The van der Waals surface area contributed by atoms with E-state index in [4.69, 9.17) is 38.3 Å². The maximum Gasteiger partial charge on any atom is 0.509 e. The molecule has 18 nitrogen and oxygen atoms in total. The number of hydrogen-bond donors (Lipinski definition) is 5. The lowest BCUT2D eigenvalue weighted by Crippen LogP contribution is -2.82. The fourth-order valence-electron chi connectivity index (χ4n) is 10.8. The lowest BCUT2D eigenvalue weighted by Gasteiger charge is -2.67. The molecular formula is C52H61NO17S2. The maximum absolute atomic E-state index is 15.7. The van der Waals surface area contributed by atoms with Crippen molar-refractivity contribution in [2.45, 2.75) is 114 Å². The van der Waals surface area contributed by atoms with Gasteiger partial charge >= 0.3 is 30.0 Å². The van der Waals surface area contributed by atoms with Crippen LogP contribution in [0.2, 0.25) is 0 Å². The number of benzene rings is 3. The first kappa shape index (κ1) is 54.5. The predicted molar refractivity (Wildman–Crippen MR) is 261 cm³/mol. The van der Waals surface area contributed by atoms with Gasteiger partial charge in [0.05, 0.1) is 42.3 Å². The molecule has 0 amide bonds. The summed E-state index contributed by atoms with van der Waals surface area (Å²) in [6, 6.07) is 23.2. The third-order valence-electron chi connectivity index (χ3n) is 14.5. The second-order valence-corrected chi connectivity index (χ2v) is 21.8. The quantitative estimate of drug-likeness (QED) is 0.0277. The molecule has 2 saturated carbocycles. The van der Waals surface area contributed by atoms with Gasteiger partial charge in [-0.05, 0) is 48.3 Å². The van der Waals surface area contributed by atoms with Crippen LogP contribution in [0.4, 0.5) is 4.79 Å². The molecule has 12 atom stereocenters. The van der Waals surface area contributed by atoms with Crippen LogP contribution in [0.25, 0.3) is 0 Å². The van der Waals surface area contributed by atoms with Crippen molar-refractivity contribution in [3.8, 4) is 0 Å². The Kier molecular flexibility index (Phi) is 17.0. The van der Waals surface area contributed by atoms with Crippen molar-refractivity contribution < 1.29 is 82.4 Å². The number of aliphatic hydroxyl groups is 4. The molecule has 3 fully saturated rings. The fraction of sp³-hybridized carbons (Fsp3) is 0.500. The Morgan fingerprint density at radius 1 is 0.847 bits per heavy atom. The van der Waals surface area contributed by atoms with Crippen LogP contribution in [-0.4, -0.2) is 135 Å². The number of ether oxygens (including phenoxy) is 7. The molecule has 4 aliphatic rings. The summed E-state index contributed by atoms with van der Waals surface area (Å²) < 4.78 is 42.1. The highest BCUT2D eigenvalue weighted by Crippen LogP contribution is 2.64. The van der Waals surface area contributed by atoms with Gasteiger partial charge in [-0.15, -0.1) is 0 Å². The summed E-state index contributed by atoms with van der Waals surface area (Å²) >= 11 is 0. The van der Waals surface area contributed by atoms with Gasteiger partial charge in [-0.25, -0.2) is 14.4 Å². The SMILES string of the molecule is CC(=O)O[C@H]1C(=O)[C@@]2(C)C([C@H](OC(=O)c3ccccc3)[C@]3(O)C[C@H](OC(=O)[C@H](OC(=O)OCCSSCCO)[C@@H](NC(O)c4ccccc4)c4ccccc4)C(C)=C1C3(C)C)[C@]1(OC(C)=O)CO[C@@H]1C[C@@H]2O. The number of ketones is 1. The van der Waals surface area contributed by atoms with Crippen LogP contribution < -0.4 is 5.32 Å². The average molecular weight is 1040 g/mol. The van der Waals surface area contributed by atoms with Crippen molar-refractivity contribution >= 4 is 57.4 Å². The van der Waals surface area contributed by atoms with E-state index in [0.29, 0.717) is 22.6 Å². The van der Waals surface area contributed by atoms with E-state index in [-0.39, 0.29) is 43.0 Å². The highest BCUT2D eigenvalue weighted by Gasteiger charge is 2.78. The van der Waals surface area contributed by atoms with Gasteiger partial charge in [0.15, 0.2) is 17.5 Å². The lowest BCUT2D eigenvalue weighted by atomic mass is 9.44. The van der Waals surface area contributed by atoms with Crippen molar-refractivity contribution in [1.82, 2.24) is 5.32 Å². The van der Waals surface area contributed by atoms with Crippen LogP contribution in [-0.2, 0) is 52.3 Å². The Bertz CT molecular complexity index is 2500. The zero-order valence-electron chi connectivity index (χ0n) is 40.7. The molecule has 3 aromatic rings. The Morgan fingerprint density at radius 2 is 1.46 bits per heavy atom. The Hall–Kier alpha value is -5.32. The van der Waals surface area contributed by atoms with Gasteiger partial charge in [0.1, 0.15) is 36.7 Å². The van der Waals surface area contributed by atoms with Crippen LogP contribution in [0.5, 0.6) is 0 Å². The summed E-state index contributed by atoms with van der Waals surface area (Å²) in [6.07, 6.45) is -13.5.